The van der Waals surface area contributed by atoms with Crippen molar-refractivity contribution in [1.29, 1.82) is 0 Å². The van der Waals surface area contributed by atoms with Crippen LogP contribution >= 0.6 is 0 Å². The molecule has 0 saturated carbocycles. The van der Waals surface area contributed by atoms with Crippen molar-refractivity contribution in [3.8, 4) is 0 Å². The monoisotopic (exact) mass is 288 g/mol. The smallest absolute Gasteiger partial charge is 0.248 e. The van der Waals surface area contributed by atoms with Gasteiger partial charge in [0.2, 0.25) is 10.0 Å². The van der Waals surface area contributed by atoms with E-state index in [0.717, 1.165) is 12.8 Å². The molecule has 1 atom stereocenters. The van der Waals surface area contributed by atoms with Crippen LogP contribution in [-0.4, -0.2) is 36.1 Å². The lowest BCUT2D eigenvalue weighted by atomic mass is 10.1. The molecule has 1 aromatic rings. The maximum absolute atomic E-state index is 12.4. The number of nitrogens with zero attached hydrogens (tertiary/aromatic N) is 3. The molecule has 1 aromatic heterocycles. The molecular formula is C12H24N4O2S. The maximum atomic E-state index is 12.4. The van der Waals surface area contributed by atoms with Crippen molar-refractivity contribution >= 4 is 15.8 Å². The number of aryl methyl sites for hydroxylation is 1. The Balaban J connectivity index is 2.99. The van der Waals surface area contributed by atoms with E-state index >= 15 is 0 Å². The number of aromatic nitrogens is 2. The minimum atomic E-state index is -3.55. The first-order valence-corrected chi connectivity index (χ1v) is 8.06. The molecular weight excluding hydrogens is 264 g/mol. The molecule has 2 N–H and O–H groups in total. The van der Waals surface area contributed by atoms with Crippen LogP contribution in [-0.2, 0) is 16.6 Å². The van der Waals surface area contributed by atoms with Crippen molar-refractivity contribution in [3.05, 3.63) is 6.20 Å². The quantitative estimate of drug-likeness (QED) is 0.825. The molecule has 0 radical (unpaired) electrons. The predicted octanol–water partition coefficient (Wildman–Crippen LogP) is 1.54. The number of anilines is 1. The third-order valence-electron chi connectivity index (χ3n) is 3.16. The average molecular weight is 288 g/mol. The van der Waals surface area contributed by atoms with Gasteiger partial charge in [-0.15, -0.1) is 0 Å². The second-order valence-corrected chi connectivity index (χ2v) is 6.95. The fourth-order valence-electron chi connectivity index (χ4n) is 1.79. The largest absolute Gasteiger partial charge is 0.381 e. The van der Waals surface area contributed by atoms with Gasteiger partial charge in [-0.25, -0.2) is 12.7 Å². The van der Waals surface area contributed by atoms with Crippen LogP contribution in [0.2, 0.25) is 0 Å². The molecule has 0 bridgehead atoms. The SMILES string of the molecule is CCCn1cc(S(=O)(=O)N(C)CC(C)CC)c(N)n1. The van der Waals surface area contributed by atoms with Crippen LogP contribution in [0.3, 0.4) is 0 Å². The summed E-state index contributed by atoms with van der Waals surface area (Å²) in [7, 11) is -1.97. The zero-order chi connectivity index (χ0) is 14.6. The Morgan fingerprint density at radius 2 is 2.11 bits per heavy atom. The van der Waals surface area contributed by atoms with Crippen molar-refractivity contribution in [3.63, 3.8) is 0 Å². The van der Waals surface area contributed by atoms with Crippen LogP contribution in [0.5, 0.6) is 0 Å². The van der Waals surface area contributed by atoms with Crippen molar-refractivity contribution in [1.82, 2.24) is 14.1 Å². The fourth-order valence-corrected chi connectivity index (χ4v) is 3.14. The van der Waals surface area contributed by atoms with E-state index in [9.17, 15) is 8.42 Å². The highest BCUT2D eigenvalue weighted by atomic mass is 32.2. The molecule has 0 spiro atoms. The minimum absolute atomic E-state index is 0.0736. The molecule has 0 fully saturated rings. The lowest BCUT2D eigenvalue weighted by molar-refractivity contribution is 0.394. The molecule has 110 valence electrons. The molecule has 0 aliphatic heterocycles. The molecule has 6 nitrogen and oxygen atoms in total. The third-order valence-corrected chi connectivity index (χ3v) is 5.00. The third kappa shape index (κ3) is 3.70. The lowest BCUT2D eigenvalue weighted by Gasteiger charge is -2.19. The molecule has 0 aliphatic rings. The van der Waals surface area contributed by atoms with E-state index in [4.69, 9.17) is 5.73 Å². The summed E-state index contributed by atoms with van der Waals surface area (Å²) in [4.78, 5) is 0.103. The Morgan fingerprint density at radius 3 is 2.63 bits per heavy atom. The second-order valence-electron chi connectivity index (χ2n) is 4.94. The number of sulfonamides is 1. The fraction of sp³-hybridized carbons (Fsp3) is 0.750. The van der Waals surface area contributed by atoms with Gasteiger partial charge in [0.1, 0.15) is 4.90 Å². The summed E-state index contributed by atoms with van der Waals surface area (Å²) < 4.78 is 27.8. The van der Waals surface area contributed by atoms with Crippen molar-refractivity contribution < 1.29 is 8.42 Å². The highest BCUT2D eigenvalue weighted by Gasteiger charge is 2.26. The highest BCUT2D eigenvalue weighted by Crippen LogP contribution is 2.21. The molecule has 0 aromatic carbocycles. The van der Waals surface area contributed by atoms with Gasteiger partial charge in [0, 0.05) is 26.3 Å². The summed E-state index contributed by atoms with van der Waals surface area (Å²) in [5, 5.41) is 4.04. The van der Waals surface area contributed by atoms with Gasteiger partial charge >= 0.3 is 0 Å². The van der Waals surface area contributed by atoms with E-state index in [0.29, 0.717) is 19.0 Å². The van der Waals surface area contributed by atoms with Crippen LogP contribution in [0, 0.1) is 5.92 Å². The number of rotatable bonds is 7. The molecule has 1 heterocycles. The van der Waals surface area contributed by atoms with Gasteiger partial charge in [0.25, 0.3) is 0 Å². The van der Waals surface area contributed by atoms with Crippen LogP contribution < -0.4 is 5.73 Å². The zero-order valence-electron chi connectivity index (χ0n) is 12.1. The Morgan fingerprint density at radius 1 is 1.47 bits per heavy atom. The molecule has 7 heteroatoms. The van der Waals surface area contributed by atoms with Gasteiger partial charge in [-0.05, 0) is 12.3 Å². The second kappa shape index (κ2) is 6.38. The van der Waals surface area contributed by atoms with Crippen LogP contribution in [0.1, 0.15) is 33.6 Å². The number of nitrogen functional groups attached to an aromatic ring is 1. The van der Waals surface area contributed by atoms with Gasteiger partial charge < -0.3 is 5.73 Å². The topological polar surface area (TPSA) is 81.2 Å². The average Bonchev–Trinajstić information content (AvgIpc) is 2.71. The summed E-state index contributed by atoms with van der Waals surface area (Å²) in [5.74, 6) is 0.385. The Hall–Kier alpha value is -1.08. The van der Waals surface area contributed by atoms with Crippen molar-refractivity contribution in [2.75, 3.05) is 19.3 Å². The first kappa shape index (κ1) is 16.0. The predicted molar refractivity (Wildman–Crippen MR) is 76.2 cm³/mol. The summed E-state index contributed by atoms with van der Waals surface area (Å²) >= 11 is 0. The molecule has 1 unspecified atom stereocenters. The van der Waals surface area contributed by atoms with Gasteiger partial charge in [0.05, 0.1) is 0 Å². The molecule has 0 saturated heterocycles. The zero-order valence-corrected chi connectivity index (χ0v) is 12.9. The van der Waals surface area contributed by atoms with Crippen LogP contribution in [0.15, 0.2) is 11.1 Å². The van der Waals surface area contributed by atoms with Crippen molar-refractivity contribution in [2.24, 2.45) is 5.92 Å². The molecule has 0 aliphatic carbocycles. The summed E-state index contributed by atoms with van der Waals surface area (Å²) in [6, 6.07) is 0. The number of hydrogen-bond acceptors (Lipinski definition) is 4. The summed E-state index contributed by atoms with van der Waals surface area (Å²) in [6.45, 7) is 7.21. The lowest BCUT2D eigenvalue weighted by Crippen LogP contribution is -2.31. The van der Waals surface area contributed by atoms with Gasteiger partial charge in [0.15, 0.2) is 5.82 Å². The summed E-state index contributed by atoms with van der Waals surface area (Å²) in [5.41, 5.74) is 5.72. The van der Waals surface area contributed by atoms with E-state index in [1.54, 1.807) is 11.7 Å². The van der Waals surface area contributed by atoms with E-state index < -0.39 is 10.0 Å². The van der Waals surface area contributed by atoms with Crippen LogP contribution in [0.25, 0.3) is 0 Å². The molecule has 0 amide bonds. The molecule has 1 rings (SSSR count). The Labute approximate surface area is 115 Å². The minimum Gasteiger partial charge on any atom is -0.381 e. The van der Waals surface area contributed by atoms with E-state index in [2.05, 4.69) is 5.10 Å². The molecule has 19 heavy (non-hydrogen) atoms. The van der Waals surface area contributed by atoms with Gasteiger partial charge in [-0.1, -0.05) is 27.2 Å². The normalized spacial score (nSPS) is 13.9. The van der Waals surface area contributed by atoms with Gasteiger partial charge in [-0.2, -0.15) is 5.10 Å². The van der Waals surface area contributed by atoms with E-state index in [-0.39, 0.29) is 10.7 Å². The first-order valence-electron chi connectivity index (χ1n) is 6.62. The van der Waals surface area contributed by atoms with Crippen molar-refractivity contribution in [2.45, 2.75) is 45.1 Å². The van der Waals surface area contributed by atoms with E-state index in [1.165, 1.54) is 10.5 Å². The highest BCUT2D eigenvalue weighted by molar-refractivity contribution is 7.89. The van der Waals surface area contributed by atoms with Gasteiger partial charge in [-0.3, -0.25) is 4.68 Å². The maximum Gasteiger partial charge on any atom is 0.248 e. The van der Waals surface area contributed by atoms with Crippen LogP contribution in [0.4, 0.5) is 5.82 Å². The Kier molecular flexibility index (Phi) is 5.37. The first-order chi connectivity index (χ1) is 8.82. The number of hydrogen-bond donors (Lipinski definition) is 1. The standard InChI is InChI=1S/C12H24N4O2S/c1-5-7-16-9-11(12(13)14-16)19(17,18)15(4)8-10(3)6-2/h9-10H,5-8H2,1-4H3,(H2,13,14). The Bertz CT molecular complexity index is 510. The van der Waals surface area contributed by atoms with E-state index in [1.807, 2.05) is 20.8 Å². The number of nitrogens with two attached hydrogens (primary N) is 1. The summed E-state index contributed by atoms with van der Waals surface area (Å²) in [6.07, 6.45) is 3.33.